The van der Waals surface area contributed by atoms with Crippen LogP contribution >= 0.6 is 0 Å². The van der Waals surface area contributed by atoms with Gasteiger partial charge in [0.1, 0.15) is 0 Å². The molecule has 0 radical (unpaired) electrons. The van der Waals surface area contributed by atoms with Crippen LogP contribution in [0.3, 0.4) is 0 Å². The smallest absolute Gasteiger partial charge is 0.313 e. The minimum atomic E-state index is 0.0560. The van der Waals surface area contributed by atoms with Crippen molar-refractivity contribution in [1.82, 2.24) is 20.2 Å². The molecule has 0 atom stereocenters. The molecule has 0 bridgehead atoms. The van der Waals surface area contributed by atoms with Crippen LogP contribution in [0.5, 0.6) is 0 Å². The lowest BCUT2D eigenvalue weighted by molar-refractivity contribution is 0.590. The molecular formula is C22H17N5O. The maximum Gasteiger partial charge on any atom is 0.313 e. The number of nitrogens with zero attached hydrogens (tertiary/aromatic N) is 4. The topological polar surface area (TPSA) is 90.7 Å². The highest BCUT2D eigenvalue weighted by molar-refractivity contribution is 5.84. The van der Waals surface area contributed by atoms with E-state index in [4.69, 9.17) is 15.1 Å². The number of hydrogen-bond acceptors (Lipinski definition) is 6. The van der Waals surface area contributed by atoms with Crippen molar-refractivity contribution in [3.8, 4) is 22.7 Å². The fraction of sp³-hybridized carbons (Fsp3) is 0.0909. The van der Waals surface area contributed by atoms with Crippen molar-refractivity contribution in [2.45, 2.75) is 13.3 Å². The molecule has 2 heterocycles. The zero-order valence-corrected chi connectivity index (χ0v) is 15.3. The Balaban J connectivity index is 1.56. The quantitative estimate of drug-likeness (QED) is 0.587. The zero-order valence-electron chi connectivity index (χ0n) is 15.3. The summed E-state index contributed by atoms with van der Waals surface area (Å²) in [5, 5.41) is 7.72. The average Bonchev–Trinajstić information content (AvgIpc) is 3.34. The van der Waals surface area contributed by atoms with Crippen LogP contribution in [0.2, 0.25) is 0 Å². The van der Waals surface area contributed by atoms with E-state index in [1.165, 1.54) is 11.1 Å². The standard InChI is InChI=1S/C22H17N5O/c1-13-4-2-3-5-16(13)19-10-11-24-20(25-19)17-9-8-14-6-7-15(12-18(14)17)21-26-27-22(23)28-21/h2-7,9-12H,8H2,1H3,(H2,23,27). The predicted octanol–water partition coefficient (Wildman–Crippen LogP) is 4.07. The third kappa shape index (κ3) is 2.75. The van der Waals surface area contributed by atoms with Gasteiger partial charge in [-0.1, -0.05) is 41.5 Å². The van der Waals surface area contributed by atoms with Crippen molar-refractivity contribution in [2.24, 2.45) is 0 Å². The molecule has 4 aromatic rings. The van der Waals surface area contributed by atoms with Crippen LogP contribution < -0.4 is 5.73 Å². The number of fused-ring (bicyclic) bond motifs is 1. The van der Waals surface area contributed by atoms with Gasteiger partial charge in [0.25, 0.3) is 0 Å². The van der Waals surface area contributed by atoms with Gasteiger partial charge in [0.05, 0.1) is 5.69 Å². The second-order valence-electron chi connectivity index (χ2n) is 6.72. The summed E-state index contributed by atoms with van der Waals surface area (Å²) in [6.07, 6.45) is 4.81. The van der Waals surface area contributed by atoms with Gasteiger partial charge < -0.3 is 10.2 Å². The van der Waals surface area contributed by atoms with E-state index in [1.54, 1.807) is 0 Å². The van der Waals surface area contributed by atoms with Crippen LogP contribution in [0, 0.1) is 6.92 Å². The number of aryl methyl sites for hydroxylation is 1. The molecule has 2 aromatic heterocycles. The summed E-state index contributed by atoms with van der Waals surface area (Å²) in [5.41, 5.74) is 12.9. The summed E-state index contributed by atoms with van der Waals surface area (Å²) in [6, 6.07) is 16.3. The number of allylic oxidation sites excluding steroid dienone is 1. The van der Waals surface area contributed by atoms with E-state index in [9.17, 15) is 0 Å². The van der Waals surface area contributed by atoms with Gasteiger partial charge in [-0.25, -0.2) is 9.97 Å². The number of hydrogen-bond donors (Lipinski definition) is 1. The SMILES string of the molecule is Cc1ccccc1-c1ccnc(C2=CCc3ccc(-c4nnc(N)o4)cc32)n1. The Labute approximate surface area is 161 Å². The molecular weight excluding hydrogens is 350 g/mol. The highest BCUT2D eigenvalue weighted by atomic mass is 16.4. The lowest BCUT2D eigenvalue weighted by Crippen LogP contribution is -1.97. The van der Waals surface area contributed by atoms with Gasteiger partial charge in [0.15, 0.2) is 5.82 Å². The zero-order chi connectivity index (χ0) is 19.1. The molecule has 0 unspecified atom stereocenters. The van der Waals surface area contributed by atoms with Crippen LogP contribution in [0.15, 0.2) is 65.2 Å². The van der Waals surface area contributed by atoms with Gasteiger partial charge in [-0.15, -0.1) is 5.10 Å². The lowest BCUT2D eigenvalue weighted by Gasteiger charge is -2.09. The summed E-state index contributed by atoms with van der Waals surface area (Å²) < 4.78 is 5.37. The molecule has 0 spiro atoms. The molecule has 136 valence electrons. The van der Waals surface area contributed by atoms with E-state index >= 15 is 0 Å². The summed E-state index contributed by atoms with van der Waals surface area (Å²) in [7, 11) is 0. The Morgan fingerprint density at radius 2 is 1.89 bits per heavy atom. The molecule has 0 amide bonds. The highest BCUT2D eigenvalue weighted by Crippen LogP contribution is 2.35. The van der Waals surface area contributed by atoms with E-state index in [-0.39, 0.29) is 6.01 Å². The first-order valence-electron chi connectivity index (χ1n) is 9.01. The summed E-state index contributed by atoms with van der Waals surface area (Å²) in [5.74, 6) is 1.11. The molecule has 2 aromatic carbocycles. The summed E-state index contributed by atoms with van der Waals surface area (Å²) in [4.78, 5) is 9.37. The van der Waals surface area contributed by atoms with Crippen molar-refractivity contribution in [3.63, 3.8) is 0 Å². The normalized spacial score (nSPS) is 12.7. The molecule has 0 fully saturated rings. The number of rotatable bonds is 3. The van der Waals surface area contributed by atoms with E-state index in [1.807, 2.05) is 36.5 Å². The van der Waals surface area contributed by atoms with Crippen LogP contribution in [0.25, 0.3) is 28.3 Å². The Bertz CT molecular complexity index is 1230. The molecule has 6 nitrogen and oxygen atoms in total. The van der Waals surface area contributed by atoms with E-state index < -0.39 is 0 Å². The first-order valence-corrected chi connectivity index (χ1v) is 9.01. The van der Waals surface area contributed by atoms with Crippen molar-refractivity contribution >= 4 is 11.6 Å². The molecule has 0 saturated heterocycles. The summed E-state index contributed by atoms with van der Waals surface area (Å²) >= 11 is 0. The Morgan fingerprint density at radius 1 is 1.00 bits per heavy atom. The van der Waals surface area contributed by atoms with Gasteiger partial charge >= 0.3 is 6.01 Å². The minimum absolute atomic E-state index is 0.0560. The number of nitrogen functional groups attached to an aromatic ring is 1. The van der Waals surface area contributed by atoms with Gasteiger partial charge in [-0.2, -0.15) is 0 Å². The first kappa shape index (κ1) is 16.4. The van der Waals surface area contributed by atoms with Crippen LogP contribution in [0.4, 0.5) is 6.01 Å². The molecule has 28 heavy (non-hydrogen) atoms. The number of benzene rings is 2. The van der Waals surface area contributed by atoms with Gasteiger partial charge in [-0.3, -0.25) is 0 Å². The molecule has 0 saturated carbocycles. The molecule has 2 N–H and O–H groups in total. The summed E-state index contributed by atoms with van der Waals surface area (Å²) in [6.45, 7) is 2.09. The van der Waals surface area contributed by atoms with Crippen molar-refractivity contribution < 1.29 is 4.42 Å². The fourth-order valence-electron chi connectivity index (χ4n) is 3.52. The Morgan fingerprint density at radius 3 is 2.71 bits per heavy atom. The number of aromatic nitrogens is 4. The van der Waals surface area contributed by atoms with Crippen LogP contribution in [0.1, 0.15) is 22.5 Å². The molecule has 5 rings (SSSR count). The first-order chi connectivity index (χ1) is 13.7. The van der Waals surface area contributed by atoms with Crippen molar-refractivity contribution in [1.29, 1.82) is 0 Å². The molecule has 0 aliphatic heterocycles. The average molecular weight is 367 g/mol. The minimum Gasteiger partial charge on any atom is -0.404 e. The molecule has 1 aliphatic carbocycles. The monoisotopic (exact) mass is 367 g/mol. The van der Waals surface area contributed by atoms with Crippen LogP contribution in [-0.2, 0) is 6.42 Å². The fourth-order valence-corrected chi connectivity index (χ4v) is 3.52. The Hall–Kier alpha value is -3.80. The maximum absolute atomic E-state index is 5.56. The second kappa shape index (κ2) is 6.42. The Kier molecular flexibility index (Phi) is 3.76. The second-order valence-corrected chi connectivity index (χ2v) is 6.72. The van der Waals surface area contributed by atoms with Gasteiger partial charge in [-0.05, 0) is 48.2 Å². The van der Waals surface area contributed by atoms with E-state index in [2.05, 4.69) is 46.4 Å². The third-order valence-corrected chi connectivity index (χ3v) is 4.93. The largest absolute Gasteiger partial charge is 0.404 e. The van der Waals surface area contributed by atoms with E-state index in [0.717, 1.165) is 34.4 Å². The lowest BCUT2D eigenvalue weighted by atomic mass is 10.0. The van der Waals surface area contributed by atoms with Gasteiger partial charge in [0, 0.05) is 22.9 Å². The highest BCUT2D eigenvalue weighted by Gasteiger charge is 2.20. The number of nitrogens with two attached hydrogens (primary N) is 1. The molecule has 6 heteroatoms. The number of anilines is 1. The van der Waals surface area contributed by atoms with Crippen molar-refractivity contribution in [2.75, 3.05) is 5.73 Å². The van der Waals surface area contributed by atoms with E-state index in [0.29, 0.717) is 11.7 Å². The predicted molar refractivity (Wildman–Crippen MR) is 107 cm³/mol. The molecule has 1 aliphatic rings. The van der Waals surface area contributed by atoms with Crippen molar-refractivity contribution in [3.05, 3.63) is 83.3 Å². The van der Waals surface area contributed by atoms with Gasteiger partial charge in [0.2, 0.25) is 5.89 Å². The third-order valence-electron chi connectivity index (χ3n) is 4.93. The maximum atomic E-state index is 5.56. The van der Waals surface area contributed by atoms with Crippen LogP contribution in [-0.4, -0.2) is 20.2 Å².